The van der Waals surface area contributed by atoms with E-state index in [9.17, 15) is 4.79 Å². The Balaban J connectivity index is 1.94. The molecule has 1 aromatic carbocycles. The third kappa shape index (κ3) is 4.12. The fourth-order valence-electron chi connectivity index (χ4n) is 1.99. The fourth-order valence-corrected chi connectivity index (χ4v) is 1.99. The first-order chi connectivity index (χ1) is 10.7. The van der Waals surface area contributed by atoms with Crippen LogP contribution in [-0.4, -0.2) is 30.7 Å². The van der Waals surface area contributed by atoms with Gasteiger partial charge in [-0.25, -0.2) is 0 Å². The average molecular weight is 297 g/mol. The van der Waals surface area contributed by atoms with Crippen molar-refractivity contribution in [3.8, 4) is 11.5 Å². The Labute approximate surface area is 130 Å². The molecule has 0 bridgehead atoms. The highest BCUT2D eigenvalue weighted by molar-refractivity contribution is 5.88. The molecule has 0 unspecified atom stereocenters. The largest absolute Gasteiger partial charge is 0.454 e. The Kier molecular flexibility index (Phi) is 5.60. The lowest BCUT2D eigenvalue weighted by Gasteiger charge is -2.16. The minimum Gasteiger partial charge on any atom is -0.454 e. The first kappa shape index (κ1) is 15.6. The van der Waals surface area contributed by atoms with Crippen LogP contribution in [0.1, 0.15) is 5.56 Å². The molecule has 4 heteroatoms. The normalized spacial score (nSPS) is 12.7. The van der Waals surface area contributed by atoms with E-state index in [1.165, 1.54) is 6.08 Å². The Bertz CT molecular complexity index is 607. The molecule has 0 radical (unpaired) electrons. The zero-order chi connectivity index (χ0) is 15.8. The van der Waals surface area contributed by atoms with Crippen LogP contribution in [0, 0.1) is 0 Å². The molecule has 0 saturated carbocycles. The lowest BCUT2D eigenvalue weighted by atomic mass is 10.2. The SMILES string of the molecule is C=CCN(CC=C)C(=O)C=CC=Cc1ccc2c(c1)OCO2. The zero-order valence-electron chi connectivity index (χ0n) is 12.4. The van der Waals surface area contributed by atoms with Gasteiger partial charge in [-0.15, -0.1) is 13.2 Å². The van der Waals surface area contributed by atoms with Crippen LogP contribution in [0.25, 0.3) is 6.08 Å². The topological polar surface area (TPSA) is 38.8 Å². The summed E-state index contributed by atoms with van der Waals surface area (Å²) in [4.78, 5) is 13.6. The van der Waals surface area contributed by atoms with Crippen LogP contribution in [0.5, 0.6) is 11.5 Å². The molecule has 4 nitrogen and oxygen atoms in total. The van der Waals surface area contributed by atoms with Crippen LogP contribution in [0.3, 0.4) is 0 Å². The van der Waals surface area contributed by atoms with E-state index in [-0.39, 0.29) is 12.7 Å². The maximum atomic E-state index is 12.0. The number of carbonyl (C=O) groups excluding carboxylic acids is 1. The minimum atomic E-state index is -0.0739. The van der Waals surface area contributed by atoms with Gasteiger partial charge in [-0.2, -0.15) is 0 Å². The summed E-state index contributed by atoms with van der Waals surface area (Å²) >= 11 is 0. The summed E-state index contributed by atoms with van der Waals surface area (Å²) in [5.41, 5.74) is 0.982. The van der Waals surface area contributed by atoms with Gasteiger partial charge in [0, 0.05) is 19.2 Å². The first-order valence-corrected chi connectivity index (χ1v) is 6.99. The molecule has 2 rings (SSSR count). The monoisotopic (exact) mass is 297 g/mol. The maximum absolute atomic E-state index is 12.0. The summed E-state index contributed by atoms with van der Waals surface area (Å²) in [6.45, 7) is 8.55. The summed E-state index contributed by atoms with van der Waals surface area (Å²) in [7, 11) is 0. The molecular weight excluding hydrogens is 278 g/mol. The van der Waals surface area contributed by atoms with Crippen LogP contribution in [0.15, 0.2) is 61.7 Å². The molecule has 1 amide bonds. The van der Waals surface area contributed by atoms with Crippen LogP contribution >= 0.6 is 0 Å². The third-order valence-corrected chi connectivity index (χ3v) is 3.05. The first-order valence-electron chi connectivity index (χ1n) is 6.99. The third-order valence-electron chi connectivity index (χ3n) is 3.05. The minimum absolute atomic E-state index is 0.0739. The highest BCUT2D eigenvalue weighted by Crippen LogP contribution is 2.32. The Morgan fingerprint density at radius 1 is 1.14 bits per heavy atom. The molecule has 22 heavy (non-hydrogen) atoms. The second-order valence-electron chi connectivity index (χ2n) is 4.65. The standard InChI is InChI=1S/C18H19NO3/c1-3-11-19(12-4-2)18(20)8-6-5-7-15-9-10-16-17(13-15)22-14-21-16/h3-10,13H,1-2,11-12,14H2. The lowest BCUT2D eigenvalue weighted by molar-refractivity contribution is -0.125. The second kappa shape index (κ2) is 7.88. The van der Waals surface area contributed by atoms with Crippen molar-refractivity contribution >= 4 is 12.0 Å². The van der Waals surface area contributed by atoms with Gasteiger partial charge in [-0.3, -0.25) is 4.79 Å². The van der Waals surface area contributed by atoms with Crippen molar-refractivity contribution in [3.63, 3.8) is 0 Å². The number of nitrogens with zero attached hydrogens (tertiary/aromatic N) is 1. The van der Waals surface area contributed by atoms with Crippen molar-refractivity contribution in [2.75, 3.05) is 19.9 Å². The van der Waals surface area contributed by atoms with Gasteiger partial charge >= 0.3 is 0 Å². The Morgan fingerprint density at radius 2 is 1.86 bits per heavy atom. The number of hydrogen-bond donors (Lipinski definition) is 0. The van der Waals surface area contributed by atoms with E-state index in [1.54, 1.807) is 23.1 Å². The smallest absolute Gasteiger partial charge is 0.247 e. The van der Waals surface area contributed by atoms with Gasteiger partial charge < -0.3 is 14.4 Å². The number of fused-ring (bicyclic) bond motifs is 1. The van der Waals surface area contributed by atoms with Gasteiger partial charge in [0.25, 0.3) is 0 Å². The quantitative estimate of drug-likeness (QED) is 0.441. The molecule has 1 aliphatic heterocycles. The van der Waals surface area contributed by atoms with E-state index in [0.29, 0.717) is 13.1 Å². The summed E-state index contributed by atoms with van der Waals surface area (Å²) in [5.74, 6) is 1.42. The molecule has 0 saturated heterocycles. The summed E-state index contributed by atoms with van der Waals surface area (Å²) < 4.78 is 10.6. The number of amides is 1. The molecular formula is C18H19NO3. The summed E-state index contributed by atoms with van der Waals surface area (Å²) in [6, 6.07) is 5.70. The fraction of sp³-hybridized carbons (Fsp3) is 0.167. The van der Waals surface area contributed by atoms with Crippen LogP contribution in [0.2, 0.25) is 0 Å². The summed E-state index contributed by atoms with van der Waals surface area (Å²) in [5, 5.41) is 0. The van der Waals surface area contributed by atoms with Gasteiger partial charge in [-0.05, 0) is 17.7 Å². The molecule has 0 N–H and O–H groups in total. The van der Waals surface area contributed by atoms with Crippen LogP contribution in [-0.2, 0) is 4.79 Å². The van der Waals surface area contributed by atoms with Crippen molar-refractivity contribution in [1.82, 2.24) is 4.90 Å². The van der Waals surface area contributed by atoms with Gasteiger partial charge in [0.1, 0.15) is 0 Å². The van der Waals surface area contributed by atoms with E-state index >= 15 is 0 Å². The predicted octanol–water partition coefficient (Wildman–Crippen LogP) is 3.19. The number of hydrogen-bond acceptors (Lipinski definition) is 3. The molecule has 0 aliphatic carbocycles. The number of carbonyl (C=O) groups is 1. The van der Waals surface area contributed by atoms with E-state index in [4.69, 9.17) is 9.47 Å². The predicted molar refractivity (Wildman–Crippen MR) is 87.7 cm³/mol. The van der Waals surface area contributed by atoms with E-state index in [1.807, 2.05) is 30.4 Å². The highest BCUT2D eigenvalue weighted by Gasteiger charge is 2.12. The zero-order valence-corrected chi connectivity index (χ0v) is 12.4. The molecule has 1 heterocycles. The van der Waals surface area contributed by atoms with Crippen molar-refractivity contribution < 1.29 is 14.3 Å². The number of allylic oxidation sites excluding steroid dienone is 2. The van der Waals surface area contributed by atoms with Crippen molar-refractivity contribution in [2.24, 2.45) is 0 Å². The summed E-state index contributed by atoms with van der Waals surface area (Å²) in [6.07, 6.45) is 10.3. The molecule has 0 fully saturated rings. The second-order valence-corrected chi connectivity index (χ2v) is 4.65. The van der Waals surface area contributed by atoms with Gasteiger partial charge in [0.15, 0.2) is 11.5 Å². The Hall–Kier alpha value is -2.75. The number of benzene rings is 1. The van der Waals surface area contributed by atoms with Crippen LogP contribution < -0.4 is 9.47 Å². The molecule has 0 atom stereocenters. The highest BCUT2D eigenvalue weighted by atomic mass is 16.7. The number of ether oxygens (including phenoxy) is 2. The van der Waals surface area contributed by atoms with Crippen molar-refractivity contribution in [2.45, 2.75) is 0 Å². The van der Waals surface area contributed by atoms with Crippen LogP contribution in [0.4, 0.5) is 0 Å². The number of rotatable bonds is 7. The average Bonchev–Trinajstić information content (AvgIpc) is 2.98. The van der Waals surface area contributed by atoms with Gasteiger partial charge in [-0.1, -0.05) is 36.4 Å². The lowest BCUT2D eigenvalue weighted by Crippen LogP contribution is -2.29. The van der Waals surface area contributed by atoms with Crippen molar-refractivity contribution in [3.05, 3.63) is 67.3 Å². The molecule has 1 aliphatic rings. The van der Waals surface area contributed by atoms with Gasteiger partial charge in [0.05, 0.1) is 0 Å². The van der Waals surface area contributed by atoms with Gasteiger partial charge in [0.2, 0.25) is 12.7 Å². The van der Waals surface area contributed by atoms with Crippen molar-refractivity contribution in [1.29, 1.82) is 0 Å². The van der Waals surface area contributed by atoms with E-state index in [0.717, 1.165) is 17.1 Å². The molecule has 1 aromatic rings. The van der Waals surface area contributed by atoms with E-state index < -0.39 is 0 Å². The maximum Gasteiger partial charge on any atom is 0.247 e. The van der Waals surface area contributed by atoms with E-state index in [2.05, 4.69) is 13.2 Å². The molecule has 114 valence electrons. The Morgan fingerprint density at radius 3 is 2.59 bits per heavy atom. The molecule has 0 aromatic heterocycles. The molecule has 0 spiro atoms.